The van der Waals surface area contributed by atoms with Crippen LogP contribution in [0.1, 0.15) is 46.5 Å². The molecule has 1 aromatic heterocycles. The molecule has 1 heterocycles. The third-order valence-corrected chi connectivity index (χ3v) is 6.96. The van der Waals surface area contributed by atoms with Crippen molar-refractivity contribution in [2.45, 2.75) is 46.5 Å². The van der Waals surface area contributed by atoms with Gasteiger partial charge >= 0.3 is 0 Å². The number of nitro benzene ring substituents is 1. The third kappa shape index (κ3) is 9.73. The number of nitrogens with zero attached hydrogens (tertiary/aromatic N) is 5. The van der Waals surface area contributed by atoms with Crippen molar-refractivity contribution >= 4 is 55.3 Å². The molecule has 0 radical (unpaired) electrons. The maximum Gasteiger partial charge on any atom is 0.270 e. The Bertz CT molecular complexity index is 1320. The van der Waals surface area contributed by atoms with E-state index >= 15 is 0 Å². The smallest absolute Gasteiger partial charge is 0.270 e. The lowest BCUT2D eigenvalue weighted by molar-refractivity contribution is -0.384. The second kappa shape index (κ2) is 16.6. The van der Waals surface area contributed by atoms with Crippen molar-refractivity contribution < 1.29 is 23.9 Å². The molecular weight excluding hydrogens is 548 g/mol. The number of hydrogen-bond acceptors (Lipinski definition) is 11. The van der Waals surface area contributed by atoms with Crippen molar-refractivity contribution in [1.29, 1.82) is 0 Å². The Kier molecular flexibility index (Phi) is 12.9. The van der Waals surface area contributed by atoms with Gasteiger partial charge in [0.2, 0.25) is 11.0 Å². The summed E-state index contributed by atoms with van der Waals surface area (Å²) >= 11 is 1.18. The molecule has 222 valence electrons. The van der Waals surface area contributed by atoms with Crippen LogP contribution < -0.4 is 15.0 Å². The lowest BCUT2D eigenvalue weighted by atomic mass is 10.2. The van der Waals surface area contributed by atoms with Crippen molar-refractivity contribution in [3.05, 3.63) is 40.4 Å². The van der Waals surface area contributed by atoms with Gasteiger partial charge in [-0.2, -0.15) is 0 Å². The van der Waals surface area contributed by atoms with Gasteiger partial charge in [0.25, 0.3) is 5.69 Å². The van der Waals surface area contributed by atoms with Crippen LogP contribution in [0.2, 0.25) is 0 Å². The first kappa shape index (κ1) is 31.8. The summed E-state index contributed by atoms with van der Waals surface area (Å²) in [6, 6.07) is 7.96. The molecule has 0 aliphatic heterocycles. The molecule has 0 spiro atoms. The monoisotopic (exact) mass is 586 g/mol. The zero-order chi connectivity index (χ0) is 29.6. The van der Waals surface area contributed by atoms with E-state index in [0.717, 1.165) is 31.4 Å². The average molecular weight is 587 g/mol. The second-order valence-corrected chi connectivity index (χ2v) is 10.3. The van der Waals surface area contributed by atoms with Gasteiger partial charge < -0.3 is 24.4 Å². The fourth-order valence-electron chi connectivity index (χ4n) is 3.89. The number of amides is 1. The number of carbonyl (C=O) groups is 1. The van der Waals surface area contributed by atoms with E-state index in [2.05, 4.69) is 39.3 Å². The number of carbonyl (C=O) groups excluding carboxylic acids is 1. The zero-order valence-corrected chi connectivity index (χ0v) is 24.9. The Morgan fingerprint density at radius 2 is 1.73 bits per heavy atom. The van der Waals surface area contributed by atoms with Crippen LogP contribution in [0, 0.1) is 10.1 Å². The van der Waals surface area contributed by atoms with Crippen LogP contribution in [-0.2, 0) is 14.3 Å². The van der Waals surface area contributed by atoms with Gasteiger partial charge in [-0.3, -0.25) is 14.9 Å². The fraction of sp³-hybridized carbons (Fsp3) is 0.500. The lowest BCUT2D eigenvalue weighted by Crippen LogP contribution is -2.31. The minimum atomic E-state index is -0.453. The molecule has 1 N–H and O–H groups in total. The first-order valence-corrected chi connectivity index (χ1v) is 14.5. The Hall–Kier alpha value is -3.68. The van der Waals surface area contributed by atoms with Crippen molar-refractivity contribution in [2.24, 2.45) is 10.2 Å². The van der Waals surface area contributed by atoms with Crippen molar-refractivity contribution in [3.63, 3.8) is 0 Å². The molecule has 0 saturated carbocycles. The first-order valence-electron chi connectivity index (χ1n) is 13.7. The van der Waals surface area contributed by atoms with Gasteiger partial charge in [-0.25, -0.2) is 4.98 Å². The Labute approximate surface area is 243 Å². The summed E-state index contributed by atoms with van der Waals surface area (Å²) in [5.74, 6) is 0.289. The van der Waals surface area contributed by atoms with Crippen molar-refractivity contribution in [3.8, 4) is 5.75 Å². The van der Waals surface area contributed by atoms with Crippen LogP contribution in [0.25, 0.3) is 10.2 Å². The summed E-state index contributed by atoms with van der Waals surface area (Å²) in [4.78, 5) is 29.3. The molecule has 13 heteroatoms. The Morgan fingerprint density at radius 3 is 2.32 bits per heavy atom. The van der Waals surface area contributed by atoms with E-state index in [1.807, 2.05) is 6.07 Å². The number of benzene rings is 2. The molecule has 0 aliphatic carbocycles. The molecule has 0 unspecified atom stereocenters. The number of azo groups is 1. The number of methoxy groups -OCH3 is 1. The van der Waals surface area contributed by atoms with Gasteiger partial charge in [-0.15, -0.1) is 10.2 Å². The highest BCUT2D eigenvalue weighted by molar-refractivity contribution is 7.21. The van der Waals surface area contributed by atoms with Gasteiger partial charge in [0.15, 0.2) is 0 Å². The molecule has 0 fully saturated rings. The molecule has 12 nitrogen and oxygen atoms in total. The number of unbranched alkanes of at least 4 members (excludes halogenated alkanes) is 2. The highest BCUT2D eigenvalue weighted by Gasteiger charge is 2.18. The molecule has 1 amide bonds. The first-order chi connectivity index (χ1) is 19.9. The quantitative estimate of drug-likeness (QED) is 0.0725. The van der Waals surface area contributed by atoms with Crippen molar-refractivity contribution in [1.82, 2.24) is 4.98 Å². The van der Waals surface area contributed by atoms with E-state index < -0.39 is 4.92 Å². The topological polar surface area (TPSA) is 141 Å². The number of thiazole rings is 1. The molecular formula is C28H38N6O6S. The molecule has 3 aromatic rings. The summed E-state index contributed by atoms with van der Waals surface area (Å²) < 4.78 is 18.0. The van der Waals surface area contributed by atoms with Gasteiger partial charge in [0.05, 0.1) is 46.8 Å². The Morgan fingerprint density at radius 1 is 1.05 bits per heavy atom. The van der Waals surface area contributed by atoms with E-state index in [1.165, 1.54) is 30.4 Å². The van der Waals surface area contributed by atoms with Crippen LogP contribution in [0.4, 0.5) is 27.9 Å². The van der Waals surface area contributed by atoms with Gasteiger partial charge in [0.1, 0.15) is 11.4 Å². The molecule has 41 heavy (non-hydrogen) atoms. The SMILES string of the molecule is CCCCOCCN(CCOCCCC)c1cc(NC(C)=O)c(N=Nc2nc3ccc([N+](=O)[O-])cc3s2)cc1OC. The van der Waals surface area contributed by atoms with Crippen LogP contribution in [-0.4, -0.2) is 62.4 Å². The molecule has 0 bridgehead atoms. The fourth-order valence-corrected chi connectivity index (χ4v) is 4.71. The number of non-ortho nitro benzene ring substituents is 1. The number of ether oxygens (including phenoxy) is 3. The largest absolute Gasteiger partial charge is 0.494 e. The van der Waals surface area contributed by atoms with Gasteiger partial charge in [-0.05, 0) is 25.0 Å². The standard InChI is InChI=1S/C28H38N6O6S/c1-5-7-13-39-15-11-33(12-16-40-14-8-6-2)25-18-23(29-20(3)35)24(19-26(25)38-4)31-32-28-30-22-10-9-21(34(36)37)17-27(22)41-28/h9-10,17-19H,5-8,11-16H2,1-4H3,(H,29,35). The summed E-state index contributed by atoms with van der Waals surface area (Å²) in [6.45, 7) is 9.35. The van der Waals surface area contributed by atoms with E-state index in [1.54, 1.807) is 19.2 Å². The lowest BCUT2D eigenvalue weighted by Gasteiger charge is -2.27. The van der Waals surface area contributed by atoms with E-state index in [-0.39, 0.29) is 11.6 Å². The highest BCUT2D eigenvalue weighted by Crippen LogP contribution is 2.40. The second-order valence-electron chi connectivity index (χ2n) is 9.25. The normalized spacial score (nSPS) is 11.3. The molecule has 2 aromatic carbocycles. The minimum absolute atomic E-state index is 0.0195. The van der Waals surface area contributed by atoms with Gasteiger partial charge in [-0.1, -0.05) is 38.0 Å². The van der Waals surface area contributed by atoms with Crippen LogP contribution >= 0.6 is 11.3 Å². The molecule has 0 aliphatic rings. The zero-order valence-electron chi connectivity index (χ0n) is 24.1. The third-order valence-electron chi connectivity index (χ3n) is 6.06. The predicted molar refractivity (Wildman–Crippen MR) is 161 cm³/mol. The molecule has 0 saturated heterocycles. The number of aromatic nitrogens is 1. The van der Waals surface area contributed by atoms with Gasteiger partial charge in [0, 0.05) is 51.4 Å². The van der Waals surface area contributed by atoms with E-state index in [9.17, 15) is 14.9 Å². The number of rotatable bonds is 18. The van der Waals surface area contributed by atoms with Crippen LogP contribution in [0.3, 0.4) is 0 Å². The van der Waals surface area contributed by atoms with Crippen molar-refractivity contribution in [2.75, 3.05) is 56.8 Å². The number of fused-ring (bicyclic) bond motifs is 1. The minimum Gasteiger partial charge on any atom is -0.494 e. The number of hydrogen-bond donors (Lipinski definition) is 1. The average Bonchev–Trinajstić information content (AvgIpc) is 3.37. The maximum atomic E-state index is 12.1. The van der Waals surface area contributed by atoms with Crippen LogP contribution in [0.5, 0.6) is 5.75 Å². The number of nitrogens with one attached hydrogen (secondary N) is 1. The van der Waals surface area contributed by atoms with E-state index in [0.29, 0.717) is 72.0 Å². The molecule has 3 rings (SSSR count). The maximum absolute atomic E-state index is 12.1. The number of nitro groups is 1. The Balaban J connectivity index is 1.90. The summed E-state index contributed by atoms with van der Waals surface area (Å²) in [6.07, 6.45) is 4.13. The highest BCUT2D eigenvalue weighted by atomic mass is 32.1. The van der Waals surface area contributed by atoms with Crippen LogP contribution in [0.15, 0.2) is 40.6 Å². The van der Waals surface area contributed by atoms with E-state index in [4.69, 9.17) is 14.2 Å². The summed E-state index contributed by atoms with van der Waals surface area (Å²) in [7, 11) is 1.58. The summed E-state index contributed by atoms with van der Waals surface area (Å²) in [5, 5.41) is 22.9. The number of anilines is 2. The summed E-state index contributed by atoms with van der Waals surface area (Å²) in [5.41, 5.74) is 2.17. The molecule has 0 atom stereocenters. The predicted octanol–water partition coefficient (Wildman–Crippen LogP) is 7.03.